The second-order valence-corrected chi connectivity index (χ2v) is 10.7. The molecule has 15 heteroatoms. The van der Waals surface area contributed by atoms with Crippen molar-refractivity contribution in [2.75, 3.05) is 6.61 Å². The third kappa shape index (κ3) is 5.39. The largest absolute Gasteiger partial charge is 0.508 e. The fraction of sp³-hybridized carbons (Fsp3) is 0.464. The molecule has 2 aliphatic heterocycles. The molecule has 0 spiro atoms. The molecule has 234 valence electrons. The van der Waals surface area contributed by atoms with E-state index in [1.165, 1.54) is 38.1 Å². The van der Waals surface area contributed by atoms with Crippen LogP contribution in [0.3, 0.4) is 0 Å². The molecule has 9 N–H and O–H groups in total. The van der Waals surface area contributed by atoms with E-state index in [0.29, 0.717) is 5.56 Å². The van der Waals surface area contributed by atoms with Crippen LogP contribution in [0.15, 0.2) is 45.6 Å². The summed E-state index contributed by atoms with van der Waals surface area (Å²) < 4.78 is 28.8. The Bertz CT molecular complexity index is 1520. The van der Waals surface area contributed by atoms with Crippen molar-refractivity contribution in [1.82, 2.24) is 0 Å². The average molecular weight is 609 g/mol. The van der Waals surface area contributed by atoms with Crippen LogP contribution in [0, 0.1) is 0 Å². The second kappa shape index (κ2) is 11.5. The van der Waals surface area contributed by atoms with Crippen molar-refractivity contribution in [2.45, 2.75) is 74.8 Å². The summed E-state index contributed by atoms with van der Waals surface area (Å²) in [7, 11) is 0. The molecule has 3 aromatic rings. The molecule has 0 saturated carbocycles. The van der Waals surface area contributed by atoms with Gasteiger partial charge in [0.1, 0.15) is 59.3 Å². The van der Waals surface area contributed by atoms with Gasteiger partial charge in [-0.2, -0.15) is 0 Å². The minimum atomic E-state index is -2.19. The zero-order valence-corrected chi connectivity index (χ0v) is 22.8. The van der Waals surface area contributed by atoms with Crippen molar-refractivity contribution in [2.24, 2.45) is 0 Å². The number of phenolic OH excluding ortho intramolecular Hbond substituents is 3. The predicted octanol–water partition coefficient (Wildman–Crippen LogP) is -1.00. The Balaban J connectivity index is 1.60. The molecule has 2 fully saturated rings. The molecule has 15 nitrogen and oxygen atoms in total. The number of phenols is 3. The van der Waals surface area contributed by atoms with Gasteiger partial charge in [-0.1, -0.05) is 0 Å². The number of hydrogen-bond donors (Lipinski definition) is 9. The normalized spacial score (nSPS) is 34.7. The molecule has 2 aromatic carbocycles. The Morgan fingerprint density at radius 2 is 1.56 bits per heavy atom. The van der Waals surface area contributed by atoms with Crippen molar-refractivity contribution in [3.63, 3.8) is 0 Å². The van der Waals surface area contributed by atoms with E-state index in [1.807, 2.05) is 0 Å². The fourth-order valence-electron chi connectivity index (χ4n) is 5.11. The lowest BCUT2D eigenvalue weighted by molar-refractivity contribution is -0.386. The summed E-state index contributed by atoms with van der Waals surface area (Å²) in [4.78, 5) is 13.1. The van der Waals surface area contributed by atoms with E-state index in [2.05, 4.69) is 0 Å². The van der Waals surface area contributed by atoms with Gasteiger partial charge in [0, 0.05) is 17.7 Å². The van der Waals surface area contributed by atoms with E-state index < -0.39 is 101 Å². The van der Waals surface area contributed by atoms with E-state index in [9.17, 15) is 50.8 Å². The lowest BCUT2D eigenvalue weighted by Crippen LogP contribution is -2.70. The molecule has 1 aromatic heterocycles. The van der Waals surface area contributed by atoms with Gasteiger partial charge in [-0.3, -0.25) is 4.79 Å². The first-order valence-corrected chi connectivity index (χ1v) is 13.3. The van der Waals surface area contributed by atoms with Crippen molar-refractivity contribution >= 4 is 11.0 Å². The van der Waals surface area contributed by atoms with Gasteiger partial charge >= 0.3 is 0 Å². The van der Waals surface area contributed by atoms with Gasteiger partial charge in [-0.05, 0) is 38.1 Å². The molecule has 0 bridgehead atoms. The van der Waals surface area contributed by atoms with E-state index in [1.54, 1.807) is 0 Å². The van der Waals surface area contributed by atoms with Crippen molar-refractivity contribution in [1.29, 1.82) is 0 Å². The lowest BCUT2D eigenvalue weighted by Gasteiger charge is -2.51. The van der Waals surface area contributed by atoms with Gasteiger partial charge in [0.2, 0.25) is 12.0 Å². The third-order valence-electron chi connectivity index (χ3n) is 7.71. The van der Waals surface area contributed by atoms with E-state index >= 15 is 0 Å². The monoisotopic (exact) mass is 608 g/mol. The molecule has 0 radical (unpaired) electrons. The average Bonchev–Trinajstić information content (AvgIpc) is 2.96. The molecule has 43 heavy (non-hydrogen) atoms. The van der Waals surface area contributed by atoms with Crippen LogP contribution in [0.1, 0.15) is 13.8 Å². The molecule has 10 atom stereocenters. The summed E-state index contributed by atoms with van der Waals surface area (Å²) in [5.74, 6) is -2.07. The van der Waals surface area contributed by atoms with Gasteiger partial charge < -0.3 is 69.3 Å². The standard InChI is InChI=1S/C28H32O15/c1-10-19(34)21(36)22(37)26(39-10)43-28(2)25(38)20(35)17(9-29)41-27(28)42-23-15(33)7-13(31)18-14(32)8-16(40-24(18)23)11-3-5-12(30)6-4-11/h3-8,10,17,19-22,25-27,29-31,33-38H,9H2,1-2H3/t10-,17-,19+,20-,21-,22-,25+,26+,27+,28+/m1/s1. The van der Waals surface area contributed by atoms with Crippen LogP contribution in [0.5, 0.6) is 23.0 Å². The first kappa shape index (κ1) is 30.9. The van der Waals surface area contributed by atoms with Gasteiger partial charge in [0.05, 0.1) is 12.7 Å². The molecule has 5 rings (SSSR count). The zero-order valence-electron chi connectivity index (χ0n) is 22.8. The molecule has 0 amide bonds. The number of aromatic hydroxyl groups is 3. The summed E-state index contributed by atoms with van der Waals surface area (Å²) in [6.45, 7) is 1.78. The molecule has 3 heterocycles. The van der Waals surface area contributed by atoms with Gasteiger partial charge in [-0.25, -0.2) is 0 Å². The number of aliphatic hydroxyl groups excluding tert-OH is 6. The van der Waals surface area contributed by atoms with Crippen LogP contribution in [-0.2, 0) is 14.2 Å². The molecular weight excluding hydrogens is 576 g/mol. The topological polar surface area (TPSA) is 249 Å². The SMILES string of the molecule is C[C@H]1O[C@@H](O[C@]2(C)[C@H](Oc3c(O)cc(O)c4c(=O)cc(-c5ccc(O)cc5)oc34)O[C@H](CO)[C@@H](O)[C@@H]2O)[C@H](O)[C@H](O)[C@H]1O. The smallest absolute Gasteiger partial charge is 0.232 e. The second-order valence-electron chi connectivity index (χ2n) is 10.7. The number of benzene rings is 2. The highest BCUT2D eigenvalue weighted by Crippen LogP contribution is 2.44. The quantitative estimate of drug-likeness (QED) is 0.163. The number of fused-ring (bicyclic) bond motifs is 1. The van der Waals surface area contributed by atoms with Gasteiger partial charge in [-0.15, -0.1) is 0 Å². The highest BCUT2D eigenvalue weighted by atomic mass is 16.8. The Hall–Kier alpha value is -3.51. The van der Waals surface area contributed by atoms with Crippen LogP contribution in [-0.4, -0.2) is 113 Å². The number of rotatable bonds is 6. The first-order chi connectivity index (χ1) is 20.3. The summed E-state index contributed by atoms with van der Waals surface area (Å²) in [6, 6.07) is 7.46. The summed E-state index contributed by atoms with van der Waals surface area (Å²) >= 11 is 0. The minimum absolute atomic E-state index is 0.0418. The van der Waals surface area contributed by atoms with Crippen molar-refractivity contribution in [3.8, 4) is 34.3 Å². The van der Waals surface area contributed by atoms with Crippen molar-refractivity contribution in [3.05, 3.63) is 46.6 Å². The summed E-state index contributed by atoms with van der Waals surface area (Å²) in [6.07, 6.45) is -14.8. The maximum absolute atomic E-state index is 13.1. The predicted molar refractivity (Wildman–Crippen MR) is 143 cm³/mol. The number of hydrogen-bond acceptors (Lipinski definition) is 15. The third-order valence-corrected chi connectivity index (χ3v) is 7.71. The maximum atomic E-state index is 13.1. The molecule has 2 aliphatic rings. The Kier molecular flexibility index (Phi) is 8.30. The van der Waals surface area contributed by atoms with Crippen molar-refractivity contribution < 1.29 is 69.3 Å². The van der Waals surface area contributed by atoms with E-state index in [0.717, 1.165) is 12.1 Å². The number of ether oxygens (including phenoxy) is 4. The van der Waals surface area contributed by atoms with E-state index in [-0.39, 0.29) is 11.5 Å². The zero-order chi connectivity index (χ0) is 31.4. The fourth-order valence-corrected chi connectivity index (χ4v) is 5.11. The molecule has 2 saturated heterocycles. The van der Waals surface area contributed by atoms with Gasteiger partial charge in [0.25, 0.3) is 0 Å². The summed E-state index contributed by atoms with van der Waals surface area (Å²) in [5.41, 5.74) is -3.05. The van der Waals surface area contributed by atoms with Crippen LogP contribution >= 0.6 is 0 Å². The highest BCUT2D eigenvalue weighted by molar-refractivity contribution is 5.91. The molecular formula is C28H32O15. The number of aliphatic hydroxyl groups is 6. The van der Waals surface area contributed by atoms with Crippen LogP contribution < -0.4 is 10.2 Å². The molecule has 0 aliphatic carbocycles. The lowest BCUT2D eigenvalue weighted by atomic mass is 9.87. The first-order valence-electron chi connectivity index (χ1n) is 13.3. The minimum Gasteiger partial charge on any atom is -0.508 e. The van der Waals surface area contributed by atoms with Crippen LogP contribution in [0.2, 0.25) is 0 Å². The summed E-state index contributed by atoms with van der Waals surface area (Å²) in [5, 5.41) is 93.0. The van der Waals surface area contributed by atoms with E-state index in [4.69, 9.17) is 23.4 Å². The van der Waals surface area contributed by atoms with Crippen LogP contribution in [0.4, 0.5) is 0 Å². The van der Waals surface area contributed by atoms with Crippen LogP contribution in [0.25, 0.3) is 22.3 Å². The highest BCUT2D eigenvalue weighted by Gasteiger charge is 2.58. The maximum Gasteiger partial charge on any atom is 0.232 e. The Labute approximate surface area is 242 Å². The molecule has 0 unspecified atom stereocenters. The van der Waals surface area contributed by atoms with Gasteiger partial charge in [0.15, 0.2) is 28.7 Å². The Morgan fingerprint density at radius 1 is 0.884 bits per heavy atom. The Morgan fingerprint density at radius 3 is 2.21 bits per heavy atom.